The van der Waals surface area contributed by atoms with E-state index in [-0.39, 0.29) is 36.8 Å². The zero-order chi connectivity index (χ0) is 25.3. The molecule has 2 unspecified atom stereocenters. The van der Waals surface area contributed by atoms with Crippen LogP contribution in [0.1, 0.15) is 77.7 Å². The second kappa shape index (κ2) is 13.0. The number of esters is 1. The minimum atomic E-state index is -0.523. The highest BCUT2D eigenvalue weighted by Crippen LogP contribution is 2.37. The highest BCUT2D eigenvalue weighted by Gasteiger charge is 2.31. The van der Waals surface area contributed by atoms with Crippen LogP contribution in [-0.4, -0.2) is 72.4 Å². The maximum Gasteiger partial charge on any atom is 0.407 e. The number of ether oxygens (including phenoxy) is 4. The van der Waals surface area contributed by atoms with Crippen LogP contribution in [-0.2, 0) is 19.0 Å². The van der Waals surface area contributed by atoms with Gasteiger partial charge in [-0.1, -0.05) is 0 Å². The number of aromatic nitrogens is 2. The molecule has 1 saturated heterocycles. The Kier molecular flexibility index (Phi) is 10.1. The fourth-order valence-corrected chi connectivity index (χ4v) is 4.62. The number of carbonyl (C=O) groups excluding carboxylic acids is 2. The van der Waals surface area contributed by atoms with E-state index in [1.54, 1.807) is 13.1 Å². The first-order valence-corrected chi connectivity index (χ1v) is 12.7. The van der Waals surface area contributed by atoms with Crippen molar-refractivity contribution < 1.29 is 28.5 Å². The molecule has 35 heavy (non-hydrogen) atoms. The first-order chi connectivity index (χ1) is 16.7. The van der Waals surface area contributed by atoms with Gasteiger partial charge >= 0.3 is 12.1 Å². The van der Waals surface area contributed by atoms with E-state index in [1.165, 1.54) is 0 Å². The van der Waals surface area contributed by atoms with Gasteiger partial charge in [0, 0.05) is 11.6 Å². The van der Waals surface area contributed by atoms with Gasteiger partial charge in [0.1, 0.15) is 5.60 Å². The molecule has 1 aliphatic carbocycles. The topological polar surface area (TPSA) is 121 Å². The van der Waals surface area contributed by atoms with E-state index in [0.717, 1.165) is 50.6 Å². The van der Waals surface area contributed by atoms with Crippen molar-refractivity contribution in [2.45, 2.75) is 95.9 Å². The summed E-state index contributed by atoms with van der Waals surface area (Å²) < 4.78 is 22.2. The molecule has 1 amide bonds. The predicted octanol–water partition coefficient (Wildman–Crippen LogP) is 3.11. The Morgan fingerprint density at radius 3 is 2.66 bits per heavy atom. The smallest absolute Gasteiger partial charge is 0.407 e. The molecule has 10 heteroatoms. The van der Waals surface area contributed by atoms with Gasteiger partial charge in [0.05, 0.1) is 31.6 Å². The molecule has 1 saturated carbocycles. The Hall–Kier alpha value is -2.46. The molecular formula is C25H40N4O6. The molecule has 196 valence electrons. The van der Waals surface area contributed by atoms with Gasteiger partial charge in [0.25, 0.3) is 0 Å². The van der Waals surface area contributed by atoms with Gasteiger partial charge in [-0.25, -0.2) is 9.59 Å². The Bertz CT molecular complexity index is 822. The summed E-state index contributed by atoms with van der Waals surface area (Å²) in [4.78, 5) is 23.9. The quantitative estimate of drug-likeness (QED) is 0.501. The van der Waals surface area contributed by atoms with Crippen molar-refractivity contribution in [3.63, 3.8) is 0 Å². The van der Waals surface area contributed by atoms with Gasteiger partial charge in [-0.05, 0) is 84.7 Å². The summed E-state index contributed by atoms with van der Waals surface area (Å²) >= 11 is 0. The molecule has 0 aromatic carbocycles. The number of amides is 1. The van der Waals surface area contributed by atoms with Crippen LogP contribution < -0.4 is 15.4 Å². The molecular weight excluding hydrogens is 452 g/mol. The zero-order valence-electron chi connectivity index (χ0n) is 21.4. The molecule has 1 aromatic heterocycles. The lowest BCUT2D eigenvalue weighted by Crippen LogP contribution is -2.56. The van der Waals surface area contributed by atoms with E-state index in [2.05, 4.69) is 20.8 Å². The summed E-state index contributed by atoms with van der Waals surface area (Å²) in [7, 11) is 0. The first-order valence-electron chi connectivity index (χ1n) is 12.7. The van der Waals surface area contributed by atoms with Gasteiger partial charge in [0.15, 0.2) is 6.61 Å². The second-order valence-corrected chi connectivity index (χ2v) is 10.1. The normalized spacial score (nSPS) is 24.9. The van der Waals surface area contributed by atoms with E-state index in [4.69, 9.17) is 18.9 Å². The van der Waals surface area contributed by atoms with Gasteiger partial charge in [-0.15, -0.1) is 5.10 Å². The molecule has 10 nitrogen and oxygen atoms in total. The van der Waals surface area contributed by atoms with Crippen LogP contribution in [0.4, 0.5) is 4.79 Å². The molecule has 2 fully saturated rings. The highest BCUT2D eigenvalue weighted by molar-refractivity contribution is 5.71. The van der Waals surface area contributed by atoms with E-state index < -0.39 is 11.6 Å². The summed E-state index contributed by atoms with van der Waals surface area (Å²) in [6.45, 7) is 8.94. The van der Waals surface area contributed by atoms with Crippen LogP contribution in [0.25, 0.3) is 0 Å². The maximum atomic E-state index is 12.2. The largest absolute Gasteiger partial charge is 0.464 e. The van der Waals surface area contributed by atoms with Gasteiger partial charge in [-0.2, -0.15) is 5.10 Å². The van der Waals surface area contributed by atoms with Crippen molar-refractivity contribution in [3.8, 4) is 5.88 Å². The minimum absolute atomic E-state index is 0.0167. The van der Waals surface area contributed by atoms with Crippen molar-refractivity contribution in [2.24, 2.45) is 0 Å². The molecule has 2 N–H and O–H groups in total. The van der Waals surface area contributed by atoms with Crippen LogP contribution in [0.15, 0.2) is 12.3 Å². The average Bonchev–Trinajstić information content (AvgIpc) is 2.82. The fourth-order valence-electron chi connectivity index (χ4n) is 4.62. The lowest BCUT2D eigenvalue weighted by atomic mass is 9.83. The number of alkyl carbamates (subject to hydrolysis) is 1. The van der Waals surface area contributed by atoms with E-state index in [0.29, 0.717) is 19.1 Å². The number of rotatable bonds is 9. The van der Waals surface area contributed by atoms with Crippen molar-refractivity contribution in [1.82, 2.24) is 20.8 Å². The third-order valence-corrected chi connectivity index (χ3v) is 6.26. The van der Waals surface area contributed by atoms with Crippen molar-refractivity contribution in [3.05, 3.63) is 17.8 Å². The summed E-state index contributed by atoms with van der Waals surface area (Å²) in [5.74, 6) is 0.251. The summed E-state index contributed by atoms with van der Waals surface area (Å²) in [5.41, 5.74) is 0.448. The van der Waals surface area contributed by atoms with Crippen LogP contribution in [0.3, 0.4) is 0 Å². The highest BCUT2D eigenvalue weighted by atomic mass is 16.6. The molecule has 1 aliphatic heterocycles. The second-order valence-electron chi connectivity index (χ2n) is 10.1. The molecule has 2 heterocycles. The van der Waals surface area contributed by atoms with Crippen LogP contribution >= 0.6 is 0 Å². The SMILES string of the molecule is CCOC(=O)COc1nnccc1C1CCC(OCC2NCCCC2NC(=O)OC(C)(C)C)CC1. The molecule has 0 bridgehead atoms. The minimum Gasteiger partial charge on any atom is -0.464 e. The van der Waals surface area contributed by atoms with Gasteiger partial charge < -0.3 is 29.6 Å². The molecule has 1 aromatic rings. The van der Waals surface area contributed by atoms with Gasteiger partial charge in [0.2, 0.25) is 5.88 Å². The number of carbonyl (C=O) groups is 2. The number of nitrogens with one attached hydrogen (secondary N) is 2. The summed E-state index contributed by atoms with van der Waals surface area (Å²) in [6, 6.07) is 1.95. The number of nitrogens with zero attached hydrogens (tertiary/aromatic N) is 2. The third-order valence-electron chi connectivity index (χ3n) is 6.26. The zero-order valence-corrected chi connectivity index (χ0v) is 21.4. The summed E-state index contributed by atoms with van der Waals surface area (Å²) in [6.07, 6.45) is 7.04. The van der Waals surface area contributed by atoms with Crippen LogP contribution in [0, 0.1) is 0 Å². The Labute approximate surface area is 207 Å². The van der Waals surface area contributed by atoms with Crippen molar-refractivity contribution in [1.29, 1.82) is 0 Å². The maximum absolute atomic E-state index is 12.2. The number of hydrogen-bond donors (Lipinski definition) is 2. The lowest BCUT2D eigenvalue weighted by Gasteiger charge is -2.35. The van der Waals surface area contributed by atoms with E-state index >= 15 is 0 Å². The fraction of sp³-hybridized carbons (Fsp3) is 0.760. The molecule has 2 atom stereocenters. The third kappa shape index (κ3) is 8.92. The monoisotopic (exact) mass is 492 g/mol. The van der Waals surface area contributed by atoms with Crippen molar-refractivity contribution in [2.75, 3.05) is 26.4 Å². The number of piperidine rings is 1. The van der Waals surface area contributed by atoms with E-state index in [1.807, 2.05) is 26.8 Å². The van der Waals surface area contributed by atoms with Crippen molar-refractivity contribution >= 4 is 12.1 Å². The predicted molar refractivity (Wildman–Crippen MR) is 129 cm³/mol. The number of hydrogen-bond acceptors (Lipinski definition) is 9. The van der Waals surface area contributed by atoms with Gasteiger partial charge in [-0.3, -0.25) is 0 Å². The standard InChI is InChI=1S/C25H40N4O6/c1-5-32-22(30)16-34-23-19(12-14-27-29-23)17-8-10-18(11-9-17)33-15-21-20(7-6-13-26-21)28-24(31)35-25(2,3)4/h12,14,17-18,20-21,26H,5-11,13,15-16H2,1-4H3,(H,28,31). The Balaban J connectivity index is 1.46. The van der Waals surface area contributed by atoms with Crippen LogP contribution in [0.5, 0.6) is 5.88 Å². The molecule has 0 radical (unpaired) electrons. The molecule has 2 aliphatic rings. The van der Waals surface area contributed by atoms with E-state index in [9.17, 15) is 9.59 Å². The summed E-state index contributed by atoms with van der Waals surface area (Å²) in [5, 5.41) is 14.5. The molecule has 3 rings (SSSR count). The Morgan fingerprint density at radius 1 is 1.17 bits per heavy atom. The molecule has 0 spiro atoms. The lowest BCUT2D eigenvalue weighted by molar-refractivity contribution is -0.145. The van der Waals surface area contributed by atoms with Crippen LogP contribution in [0.2, 0.25) is 0 Å². The average molecular weight is 493 g/mol. The first kappa shape index (κ1) is 27.1. The Morgan fingerprint density at radius 2 is 1.94 bits per heavy atom.